The third-order valence-electron chi connectivity index (χ3n) is 4.56. The lowest BCUT2D eigenvalue weighted by Crippen LogP contribution is -2.50. The predicted octanol–water partition coefficient (Wildman–Crippen LogP) is 0.185. The van der Waals surface area contributed by atoms with Crippen LogP contribution in [0.25, 0.3) is 0 Å². The van der Waals surface area contributed by atoms with Gasteiger partial charge >= 0.3 is 0 Å². The second-order valence-corrected chi connectivity index (χ2v) is 6.09. The van der Waals surface area contributed by atoms with Gasteiger partial charge in [0.15, 0.2) is 5.82 Å². The fourth-order valence-electron chi connectivity index (χ4n) is 3.56. The number of β-amino-alcohol motifs (C(OH)–C–C–N with tert-alkyl or cyclic N) is 1. The monoisotopic (exact) mass is 294 g/mol. The van der Waals surface area contributed by atoms with E-state index >= 15 is 0 Å². The zero-order valence-corrected chi connectivity index (χ0v) is 12.4. The van der Waals surface area contributed by atoms with Crippen molar-refractivity contribution in [3.05, 3.63) is 11.7 Å². The van der Waals surface area contributed by atoms with E-state index in [0.717, 1.165) is 38.9 Å². The Balaban J connectivity index is 1.65. The van der Waals surface area contributed by atoms with Gasteiger partial charge in [0.2, 0.25) is 11.8 Å². The average Bonchev–Trinajstić information content (AvgIpc) is 3.04. The van der Waals surface area contributed by atoms with Gasteiger partial charge in [0.25, 0.3) is 0 Å². The summed E-state index contributed by atoms with van der Waals surface area (Å²) in [5.41, 5.74) is -0.272. The topological polar surface area (TPSA) is 82.7 Å². The van der Waals surface area contributed by atoms with Gasteiger partial charge in [0, 0.05) is 26.6 Å². The summed E-state index contributed by atoms with van der Waals surface area (Å²) in [6.45, 7) is 5.29. The first-order valence-electron chi connectivity index (χ1n) is 7.55. The number of hydrogen-bond acceptors (Lipinski definition) is 6. The minimum atomic E-state index is -0.272. The molecule has 7 nitrogen and oxygen atoms in total. The van der Waals surface area contributed by atoms with Gasteiger partial charge in [0.05, 0.1) is 18.6 Å². The van der Waals surface area contributed by atoms with Gasteiger partial charge in [0.1, 0.15) is 0 Å². The van der Waals surface area contributed by atoms with Crippen LogP contribution in [0.2, 0.25) is 0 Å². The van der Waals surface area contributed by atoms with Gasteiger partial charge in [-0.15, -0.1) is 0 Å². The van der Waals surface area contributed by atoms with E-state index in [9.17, 15) is 4.79 Å². The first-order valence-corrected chi connectivity index (χ1v) is 7.55. The molecule has 2 aliphatic rings. The summed E-state index contributed by atoms with van der Waals surface area (Å²) in [4.78, 5) is 20.9. The fourth-order valence-corrected chi connectivity index (χ4v) is 3.56. The zero-order valence-electron chi connectivity index (χ0n) is 12.4. The van der Waals surface area contributed by atoms with E-state index in [4.69, 9.17) is 9.63 Å². The van der Waals surface area contributed by atoms with Crippen molar-refractivity contribution >= 4 is 5.91 Å². The van der Waals surface area contributed by atoms with Crippen molar-refractivity contribution in [2.24, 2.45) is 5.41 Å². The van der Waals surface area contributed by atoms with Crippen molar-refractivity contribution in [1.82, 2.24) is 19.9 Å². The van der Waals surface area contributed by atoms with Crippen molar-refractivity contribution < 1.29 is 14.4 Å². The van der Waals surface area contributed by atoms with Crippen molar-refractivity contribution in [2.75, 3.05) is 32.8 Å². The molecule has 0 radical (unpaired) electrons. The molecule has 2 aliphatic heterocycles. The summed E-state index contributed by atoms with van der Waals surface area (Å²) in [7, 11) is 0. The highest BCUT2D eigenvalue weighted by molar-refractivity contribution is 5.84. The Kier molecular flexibility index (Phi) is 3.95. The first-order chi connectivity index (χ1) is 10.1. The number of piperidine rings is 1. The summed E-state index contributed by atoms with van der Waals surface area (Å²) in [6.07, 6.45) is 2.83. The van der Waals surface area contributed by atoms with Crippen LogP contribution in [-0.2, 0) is 11.3 Å². The zero-order chi connectivity index (χ0) is 14.9. The number of nitrogens with zero attached hydrogens (tertiary/aromatic N) is 4. The van der Waals surface area contributed by atoms with Crippen molar-refractivity contribution in [3.8, 4) is 0 Å². The molecule has 1 atom stereocenters. The quantitative estimate of drug-likeness (QED) is 0.853. The van der Waals surface area contributed by atoms with E-state index in [2.05, 4.69) is 15.0 Å². The van der Waals surface area contributed by atoms with Gasteiger partial charge in [-0.3, -0.25) is 9.69 Å². The summed E-state index contributed by atoms with van der Waals surface area (Å²) in [5.74, 6) is 1.45. The Morgan fingerprint density at radius 3 is 2.95 bits per heavy atom. The number of carbonyl (C=O) groups is 1. The second-order valence-electron chi connectivity index (χ2n) is 6.09. The first kappa shape index (κ1) is 14.5. The molecule has 0 aliphatic carbocycles. The molecular weight excluding hydrogens is 272 g/mol. The van der Waals surface area contributed by atoms with Crippen molar-refractivity contribution in [3.63, 3.8) is 0 Å². The summed E-state index contributed by atoms with van der Waals surface area (Å²) in [6, 6.07) is 0. The number of likely N-dealkylation sites (tertiary alicyclic amines) is 2. The largest absolute Gasteiger partial charge is 0.395 e. The van der Waals surface area contributed by atoms with Crippen LogP contribution in [-0.4, -0.2) is 63.7 Å². The van der Waals surface area contributed by atoms with Gasteiger partial charge in [-0.1, -0.05) is 5.16 Å². The molecule has 0 unspecified atom stereocenters. The Morgan fingerprint density at radius 2 is 2.24 bits per heavy atom. The Morgan fingerprint density at radius 1 is 1.38 bits per heavy atom. The number of aliphatic hydroxyl groups is 1. The van der Waals surface area contributed by atoms with E-state index in [1.807, 2.05) is 4.90 Å². The van der Waals surface area contributed by atoms with Crippen LogP contribution in [0.4, 0.5) is 0 Å². The molecule has 1 spiro atoms. The van der Waals surface area contributed by atoms with Gasteiger partial charge in [-0.25, -0.2) is 0 Å². The average molecular weight is 294 g/mol. The number of aliphatic hydroxyl groups excluding tert-OH is 1. The Labute approximate surface area is 123 Å². The normalized spacial score (nSPS) is 27.0. The van der Waals surface area contributed by atoms with Gasteiger partial charge < -0.3 is 14.5 Å². The van der Waals surface area contributed by atoms with Gasteiger partial charge in [-0.05, 0) is 25.8 Å². The Bertz CT molecular complexity index is 516. The number of amides is 1. The number of aryl methyl sites for hydroxylation is 1. The number of aromatic nitrogens is 2. The molecular formula is C14H22N4O3. The van der Waals surface area contributed by atoms with Crippen molar-refractivity contribution in [1.29, 1.82) is 0 Å². The summed E-state index contributed by atoms with van der Waals surface area (Å²) < 4.78 is 4.99. The SMILES string of the molecule is Cc1nc(CN2CC[C@@]3(CCCN(CCO)C3=O)C2)no1. The standard InChI is InChI=1S/C14H22N4O3/c1-11-15-12(16-21-11)9-17-6-4-14(10-17)3-2-5-18(7-8-19)13(14)20/h19H,2-10H2,1H3/t14-/m0/s1. The van der Waals surface area contributed by atoms with E-state index < -0.39 is 0 Å². The second kappa shape index (κ2) is 5.73. The van der Waals surface area contributed by atoms with Crippen molar-refractivity contribution in [2.45, 2.75) is 32.7 Å². The molecule has 0 saturated carbocycles. The molecule has 21 heavy (non-hydrogen) atoms. The highest BCUT2D eigenvalue weighted by Crippen LogP contribution is 2.40. The van der Waals surface area contributed by atoms with Crippen LogP contribution in [0, 0.1) is 12.3 Å². The van der Waals surface area contributed by atoms with E-state index in [1.165, 1.54) is 0 Å². The van der Waals surface area contributed by atoms with Crippen LogP contribution in [0.1, 0.15) is 31.0 Å². The maximum absolute atomic E-state index is 12.7. The third-order valence-corrected chi connectivity index (χ3v) is 4.56. The molecule has 3 heterocycles. The summed E-state index contributed by atoms with van der Waals surface area (Å²) >= 11 is 0. The van der Waals surface area contributed by atoms with Crippen LogP contribution < -0.4 is 0 Å². The molecule has 0 bridgehead atoms. The van der Waals surface area contributed by atoms with Crippen LogP contribution in [0.5, 0.6) is 0 Å². The lowest BCUT2D eigenvalue weighted by molar-refractivity contribution is -0.146. The Hall–Kier alpha value is -1.47. The molecule has 2 fully saturated rings. The third kappa shape index (κ3) is 2.80. The smallest absolute Gasteiger partial charge is 0.230 e. The van der Waals surface area contributed by atoms with Crippen LogP contribution >= 0.6 is 0 Å². The lowest BCUT2D eigenvalue weighted by Gasteiger charge is -2.39. The molecule has 1 N–H and O–H groups in total. The highest BCUT2D eigenvalue weighted by atomic mass is 16.5. The number of hydrogen-bond donors (Lipinski definition) is 1. The molecule has 116 valence electrons. The molecule has 3 rings (SSSR count). The number of carbonyl (C=O) groups excluding carboxylic acids is 1. The molecule has 7 heteroatoms. The van der Waals surface area contributed by atoms with Gasteiger partial charge in [-0.2, -0.15) is 4.98 Å². The fraction of sp³-hybridized carbons (Fsp3) is 0.786. The predicted molar refractivity (Wildman–Crippen MR) is 74.3 cm³/mol. The lowest BCUT2D eigenvalue weighted by atomic mass is 9.78. The molecule has 0 aromatic carbocycles. The maximum atomic E-state index is 12.7. The van der Waals surface area contributed by atoms with E-state index in [1.54, 1.807) is 6.92 Å². The molecule has 1 aromatic heterocycles. The van der Waals surface area contributed by atoms with E-state index in [0.29, 0.717) is 24.8 Å². The highest BCUT2D eigenvalue weighted by Gasteiger charge is 2.48. The minimum Gasteiger partial charge on any atom is -0.395 e. The van der Waals surface area contributed by atoms with E-state index in [-0.39, 0.29) is 17.9 Å². The number of rotatable bonds is 4. The molecule has 1 aromatic rings. The minimum absolute atomic E-state index is 0.0354. The van der Waals surface area contributed by atoms with Crippen LogP contribution in [0.3, 0.4) is 0 Å². The molecule has 1 amide bonds. The van der Waals surface area contributed by atoms with Crippen LogP contribution in [0.15, 0.2) is 4.52 Å². The molecule has 2 saturated heterocycles. The maximum Gasteiger partial charge on any atom is 0.230 e. The summed E-state index contributed by atoms with van der Waals surface area (Å²) in [5, 5.41) is 13.0.